The highest BCUT2D eigenvalue weighted by molar-refractivity contribution is 5.73. The Labute approximate surface area is 193 Å². The number of halogens is 4. The van der Waals surface area contributed by atoms with Crippen molar-refractivity contribution in [3.63, 3.8) is 0 Å². The van der Waals surface area contributed by atoms with Gasteiger partial charge in [0.2, 0.25) is 0 Å². The number of phenolic OH excluding ortho intramolecular Hbond substituents is 2. The van der Waals surface area contributed by atoms with Crippen LogP contribution in [0.4, 0.5) is 17.6 Å². The SMILES string of the molecule is COc1ccc(F)cc1-c1cccc(OC)c1F.Oc1ccc(F)cc1-c1cccc(O)c1F. The summed E-state index contributed by atoms with van der Waals surface area (Å²) in [6.45, 7) is 0. The van der Waals surface area contributed by atoms with E-state index in [9.17, 15) is 27.8 Å². The molecule has 0 saturated heterocycles. The fourth-order valence-corrected chi connectivity index (χ4v) is 3.22. The second-order valence-corrected chi connectivity index (χ2v) is 6.97. The van der Waals surface area contributed by atoms with Crippen LogP contribution in [-0.2, 0) is 0 Å². The highest BCUT2D eigenvalue weighted by Gasteiger charge is 2.15. The van der Waals surface area contributed by atoms with E-state index in [0.29, 0.717) is 11.3 Å². The van der Waals surface area contributed by atoms with Crippen molar-refractivity contribution in [2.24, 2.45) is 0 Å². The summed E-state index contributed by atoms with van der Waals surface area (Å²) in [4.78, 5) is 0. The Morgan fingerprint density at radius 3 is 1.74 bits per heavy atom. The first kappa shape index (κ1) is 24.4. The summed E-state index contributed by atoms with van der Waals surface area (Å²) in [6.07, 6.45) is 0. The highest BCUT2D eigenvalue weighted by atomic mass is 19.1. The Hall–Kier alpha value is -4.20. The van der Waals surface area contributed by atoms with Gasteiger partial charge in [0.1, 0.15) is 23.1 Å². The van der Waals surface area contributed by atoms with E-state index in [0.717, 1.165) is 18.2 Å². The number of hydrogen-bond acceptors (Lipinski definition) is 4. The standard InChI is InChI=1S/C14H12F2O2.C12H8F2O2/c1-17-12-7-6-9(15)8-11(12)10-4-3-5-13(18-2)14(10)16;13-7-4-5-10(15)9(6-7)8-2-1-3-11(16)12(8)14/h3-8H,1-2H3;1-6,15-16H. The zero-order chi connectivity index (χ0) is 24.8. The summed E-state index contributed by atoms with van der Waals surface area (Å²) in [5.74, 6) is -2.73. The molecule has 4 aromatic carbocycles. The predicted molar refractivity (Wildman–Crippen MR) is 120 cm³/mol. The van der Waals surface area contributed by atoms with Crippen molar-refractivity contribution in [3.05, 3.63) is 96.1 Å². The van der Waals surface area contributed by atoms with E-state index in [1.165, 1.54) is 56.7 Å². The first-order valence-electron chi connectivity index (χ1n) is 9.89. The van der Waals surface area contributed by atoms with Gasteiger partial charge in [0.05, 0.1) is 14.2 Å². The second kappa shape index (κ2) is 10.6. The van der Waals surface area contributed by atoms with Gasteiger partial charge in [-0.05, 0) is 48.5 Å². The molecule has 0 radical (unpaired) electrons. The van der Waals surface area contributed by atoms with Gasteiger partial charge in [-0.25, -0.2) is 17.6 Å². The van der Waals surface area contributed by atoms with Gasteiger partial charge in [-0.15, -0.1) is 0 Å². The maximum Gasteiger partial charge on any atom is 0.172 e. The molecule has 4 aromatic rings. The van der Waals surface area contributed by atoms with Crippen molar-refractivity contribution < 1.29 is 37.2 Å². The van der Waals surface area contributed by atoms with Gasteiger partial charge in [-0.2, -0.15) is 0 Å². The van der Waals surface area contributed by atoms with Crippen molar-refractivity contribution in [1.29, 1.82) is 0 Å². The minimum absolute atomic E-state index is 0.00778. The van der Waals surface area contributed by atoms with Crippen molar-refractivity contribution >= 4 is 0 Å². The van der Waals surface area contributed by atoms with Crippen LogP contribution in [0.5, 0.6) is 23.0 Å². The zero-order valence-electron chi connectivity index (χ0n) is 18.2. The minimum Gasteiger partial charge on any atom is -0.507 e. The third-order valence-corrected chi connectivity index (χ3v) is 4.86. The number of ether oxygens (including phenoxy) is 2. The van der Waals surface area contributed by atoms with E-state index in [1.54, 1.807) is 12.1 Å². The number of aromatic hydroxyl groups is 2. The summed E-state index contributed by atoms with van der Waals surface area (Å²) >= 11 is 0. The summed E-state index contributed by atoms with van der Waals surface area (Å²) < 4.78 is 63.9. The Bertz CT molecular complexity index is 1310. The Balaban J connectivity index is 0.000000192. The fourth-order valence-electron chi connectivity index (χ4n) is 3.22. The summed E-state index contributed by atoms with van der Waals surface area (Å²) in [5, 5.41) is 18.7. The van der Waals surface area contributed by atoms with Crippen molar-refractivity contribution in [3.8, 4) is 45.3 Å². The number of methoxy groups -OCH3 is 2. The molecule has 34 heavy (non-hydrogen) atoms. The molecule has 4 nitrogen and oxygen atoms in total. The number of phenols is 2. The van der Waals surface area contributed by atoms with Crippen molar-refractivity contribution in [2.75, 3.05) is 14.2 Å². The third-order valence-electron chi connectivity index (χ3n) is 4.86. The summed E-state index contributed by atoms with van der Waals surface area (Å²) in [5.41, 5.74) is 0.560. The maximum absolute atomic E-state index is 14.1. The van der Waals surface area contributed by atoms with E-state index in [2.05, 4.69) is 0 Å². The molecule has 0 saturated carbocycles. The van der Waals surface area contributed by atoms with Gasteiger partial charge < -0.3 is 19.7 Å². The number of benzene rings is 4. The van der Waals surface area contributed by atoms with Gasteiger partial charge in [0, 0.05) is 22.3 Å². The molecule has 176 valence electrons. The van der Waals surface area contributed by atoms with Gasteiger partial charge in [0.15, 0.2) is 23.1 Å². The largest absolute Gasteiger partial charge is 0.507 e. The molecule has 0 aliphatic carbocycles. The molecule has 0 aliphatic rings. The lowest BCUT2D eigenvalue weighted by Crippen LogP contribution is -1.94. The minimum atomic E-state index is -0.886. The molecular weight excluding hydrogens is 452 g/mol. The summed E-state index contributed by atoms with van der Waals surface area (Å²) in [6, 6.07) is 15.8. The van der Waals surface area contributed by atoms with Crippen molar-refractivity contribution in [1.82, 2.24) is 0 Å². The van der Waals surface area contributed by atoms with Gasteiger partial charge in [-0.1, -0.05) is 24.3 Å². The molecule has 0 atom stereocenters. The number of rotatable bonds is 4. The molecule has 0 spiro atoms. The van der Waals surface area contributed by atoms with E-state index in [-0.39, 0.29) is 28.2 Å². The van der Waals surface area contributed by atoms with Gasteiger partial charge in [0.25, 0.3) is 0 Å². The zero-order valence-corrected chi connectivity index (χ0v) is 18.2. The molecule has 0 fully saturated rings. The van der Waals surface area contributed by atoms with Crippen LogP contribution in [-0.4, -0.2) is 24.4 Å². The first-order chi connectivity index (χ1) is 16.3. The molecular formula is C26H20F4O4. The predicted octanol–water partition coefficient (Wildman–Crippen LogP) is 6.69. The molecule has 4 rings (SSSR count). The van der Waals surface area contributed by atoms with Crippen LogP contribution in [0.25, 0.3) is 22.3 Å². The van der Waals surface area contributed by atoms with Crippen molar-refractivity contribution in [2.45, 2.75) is 0 Å². The van der Waals surface area contributed by atoms with E-state index < -0.39 is 29.0 Å². The van der Waals surface area contributed by atoms with Gasteiger partial charge in [-0.3, -0.25) is 0 Å². The molecule has 0 aliphatic heterocycles. The maximum atomic E-state index is 14.1. The fraction of sp³-hybridized carbons (Fsp3) is 0.0769. The monoisotopic (exact) mass is 472 g/mol. The topological polar surface area (TPSA) is 58.9 Å². The lowest BCUT2D eigenvalue weighted by atomic mass is 10.0. The van der Waals surface area contributed by atoms with Crippen LogP contribution < -0.4 is 9.47 Å². The van der Waals surface area contributed by atoms with Gasteiger partial charge >= 0.3 is 0 Å². The second-order valence-electron chi connectivity index (χ2n) is 6.97. The molecule has 8 heteroatoms. The lowest BCUT2D eigenvalue weighted by molar-refractivity contribution is 0.387. The normalized spacial score (nSPS) is 10.3. The van der Waals surface area contributed by atoms with Crippen LogP contribution in [0.2, 0.25) is 0 Å². The van der Waals surface area contributed by atoms with E-state index in [4.69, 9.17) is 9.47 Å². The van der Waals surface area contributed by atoms with Crippen LogP contribution in [0, 0.1) is 23.3 Å². The quantitative estimate of drug-likeness (QED) is 0.325. The smallest absolute Gasteiger partial charge is 0.172 e. The van der Waals surface area contributed by atoms with Crippen LogP contribution in [0.15, 0.2) is 72.8 Å². The Kier molecular flexibility index (Phi) is 7.63. The Morgan fingerprint density at radius 2 is 1.09 bits per heavy atom. The highest BCUT2D eigenvalue weighted by Crippen LogP contribution is 2.36. The summed E-state index contributed by atoms with van der Waals surface area (Å²) in [7, 11) is 2.83. The van der Waals surface area contributed by atoms with E-state index in [1.807, 2.05) is 0 Å². The average Bonchev–Trinajstić information content (AvgIpc) is 2.83. The van der Waals surface area contributed by atoms with E-state index >= 15 is 0 Å². The molecule has 2 N–H and O–H groups in total. The molecule has 0 bridgehead atoms. The third kappa shape index (κ3) is 5.23. The van der Waals surface area contributed by atoms with Crippen LogP contribution in [0.1, 0.15) is 0 Å². The molecule has 0 amide bonds. The first-order valence-corrected chi connectivity index (χ1v) is 9.89. The van der Waals surface area contributed by atoms with Crippen LogP contribution >= 0.6 is 0 Å². The van der Waals surface area contributed by atoms with Crippen LogP contribution in [0.3, 0.4) is 0 Å². The average molecular weight is 472 g/mol. The Morgan fingerprint density at radius 1 is 0.529 bits per heavy atom. The lowest BCUT2D eigenvalue weighted by Gasteiger charge is -2.11. The molecule has 0 unspecified atom stereocenters. The number of hydrogen-bond donors (Lipinski definition) is 2. The molecule has 0 heterocycles. The molecule has 0 aromatic heterocycles.